The van der Waals surface area contributed by atoms with Crippen molar-refractivity contribution >= 4 is 11.9 Å². The molecule has 1 aromatic heterocycles. The van der Waals surface area contributed by atoms with Crippen molar-refractivity contribution in [2.75, 3.05) is 25.9 Å². The molecule has 1 aliphatic heterocycles. The average Bonchev–Trinajstić information content (AvgIpc) is 2.45. The number of methoxy groups -OCH3 is 1. The van der Waals surface area contributed by atoms with Gasteiger partial charge < -0.3 is 20.1 Å². The number of rotatable bonds is 2. The quantitative estimate of drug-likeness (QED) is 0.900. The van der Waals surface area contributed by atoms with Crippen LogP contribution in [0.25, 0.3) is 0 Å². The second-order valence-electron chi connectivity index (χ2n) is 6.46. The third-order valence-electron chi connectivity index (χ3n) is 3.56. The highest BCUT2D eigenvalue weighted by molar-refractivity contribution is 5.68. The van der Waals surface area contributed by atoms with Gasteiger partial charge in [0.05, 0.1) is 7.11 Å². The molecule has 0 spiro atoms. The third kappa shape index (κ3) is 3.99. The number of carbonyl (C=O) groups is 1. The van der Waals surface area contributed by atoms with Gasteiger partial charge in [0.25, 0.3) is 0 Å². The molecule has 0 bridgehead atoms. The number of anilines is 1. The lowest BCUT2D eigenvalue weighted by molar-refractivity contribution is 0.0203. The summed E-state index contributed by atoms with van der Waals surface area (Å²) in [7, 11) is 1.59. The van der Waals surface area contributed by atoms with Gasteiger partial charge in [-0.15, -0.1) is 10.2 Å². The molecule has 122 valence electrons. The highest BCUT2D eigenvalue weighted by Crippen LogP contribution is 2.33. The van der Waals surface area contributed by atoms with Crippen LogP contribution in [0, 0.1) is 0 Å². The summed E-state index contributed by atoms with van der Waals surface area (Å²) in [5.74, 6) is 1.21. The van der Waals surface area contributed by atoms with Crippen LogP contribution in [0.4, 0.5) is 10.6 Å². The van der Waals surface area contributed by atoms with E-state index in [2.05, 4.69) is 10.2 Å². The second-order valence-corrected chi connectivity index (χ2v) is 6.46. The van der Waals surface area contributed by atoms with Crippen LogP contribution in [0.15, 0.2) is 6.07 Å². The Labute approximate surface area is 130 Å². The van der Waals surface area contributed by atoms with E-state index in [4.69, 9.17) is 15.2 Å². The van der Waals surface area contributed by atoms with E-state index in [-0.39, 0.29) is 12.0 Å². The molecule has 0 aliphatic carbocycles. The van der Waals surface area contributed by atoms with Gasteiger partial charge in [-0.1, -0.05) is 0 Å². The summed E-state index contributed by atoms with van der Waals surface area (Å²) < 4.78 is 10.7. The predicted octanol–water partition coefficient (Wildman–Crippen LogP) is 2.18. The Balaban J connectivity index is 1.99. The molecular formula is C15H24N4O3. The fourth-order valence-corrected chi connectivity index (χ4v) is 2.51. The van der Waals surface area contributed by atoms with Gasteiger partial charge in [-0.25, -0.2) is 4.79 Å². The van der Waals surface area contributed by atoms with Crippen LogP contribution >= 0.6 is 0 Å². The molecule has 1 saturated heterocycles. The van der Waals surface area contributed by atoms with Crippen molar-refractivity contribution in [1.82, 2.24) is 15.1 Å². The lowest BCUT2D eigenvalue weighted by Crippen LogP contribution is -2.41. The molecule has 0 radical (unpaired) electrons. The Kier molecular flexibility index (Phi) is 4.73. The summed E-state index contributed by atoms with van der Waals surface area (Å²) in [6, 6.07) is 1.68. The number of hydrogen-bond acceptors (Lipinski definition) is 6. The smallest absolute Gasteiger partial charge is 0.410 e. The number of nitrogens with two attached hydrogens (primary N) is 1. The Morgan fingerprint density at radius 3 is 2.50 bits per heavy atom. The molecule has 2 rings (SSSR count). The zero-order valence-electron chi connectivity index (χ0n) is 13.6. The minimum Gasteiger partial charge on any atom is -0.495 e. The maximum absolute atomic E-state index is 12.1. The molecule has 0 aromatic carbocycles. The molecule has 0 saturated carbocycles. The standard InChI is InChI=1S/C15H24N4O3/c1-15(2,3)22-14(20)19-7-5-10(6-8-19)13-11(21-4)9-12(16)17-18-13/h9-10H,5-8H2,1-4H3,(H2,16,17). The van der Waals surface area contributed by atoms with E-state index in [0.717, 1.165) is 18.5 Å². The van der Waals surface area contributed by atoms with Gasteiger partial charge in [-0.3, -0.25) is 0 Å². The Hall–Kier alpha value is -2.05. The van der Waals surface area contributed by atoms with Gasteiger partial charge in [0.1, 0.15) is 22.9 Å². The summed E-state index contributed by atoms with van der Waals surface area (Å²) in [6.45, 7) is 6.87. The molecule has 1 amide bonds. The van der Waals surface area contributed by atoms with E-state index >= 15 is 0 Å². The van der Waals surface area contributed by atoms with Crippen molar-refractivity contribution < 1.29 is 14.3 Å². The lowest BCUT2D eigenvalue weighted by Gasteiger charge is -2.33. The van der Waals surface area contributed by atoms with E-state index in [1.807, 2.05) is 20.8 Å². The van der Waals surface area contributed by atoms with Crippen molar-refractivity contribution in [1.29, 1.82) is 0 Å². The minimum absolute atomic E-state index is 0.210. The number of carbonyl (C=O) groups excluding carboxylic acids is 1. The Morgan fingerprint density at radius 1 is 1.32 bits per heavy atom. The summed E-state index contributed by atoms with van der Waals surface area (Å²) in [4.78, 5) is 13.8. The van der Waals surface area contributed by atoms with Gasteiger partial charge in [0.2, 0.25) is 0 Å². The number of likely N-dealkylation sites (tertiary alicyclic amines) is 1. The van der Waals surface area contributed by atoms with Crippen molar-refractivity contribution in [3.8, 4) is 5.75 Å². The third-order valence-corrected chi connectivity index (χ3v) is 3.56. The highest BCUT2D eigenvalue weighted by atomic mass is 16.6. The number of nitrogens with zero attached hydrogens (tertiary/aromatic N) is 3. The summed E-state index contributed by atoms with van der Waals surface area (Å²) in [6.07, 6.45) is 1.34. The summed E-state index contributed by atoms with van der Waals surface area (Å²) in [5.41, 5.74) is 5.96. The van der Waals surface area contributed by atoms with Crippen molar-refractivity contribution in [3.05, 3.63) is 11.8 Å². The topological polar surface area (TPSA) is 90.6 Å². The van der Waals surface area contributed by atoms with Crippen molar-refractivity contribution in [3.63, 3.8) is 0 Å². The molecule has 2 N–H and O–H groups in total. The summed E-state index contributed by atoms with van der Waals surface area (Å²) >= 11 is 0. The van der Waals surface area contributed by atoms with Crippen LogP contribution in [-0.4, -0.2) is 47.0 Å². The molecule has 1 fully saturated rings. The van der Waals surface area contributed by atoms with Gasteiger partial charge in [0.15, 0.2) is 0 Å². The van der Waals surface area contributed by atoms with Gasteiger partial charge in [-0.2, -0.15) is 0 Å². The first-order valence-electron chi connectivity index (χ1n) is 7.45. The number of piperidine rings is 1. The zero-order valence-corrected chi connectivity index (χ0v) is 13.6. The molecule has 0 atom stereocenters. The van der Waals surface area contributed by atoms with Crippen LogP contribution in [0.3, 0.4) is 0 Å². The first-order chi connectivity index (χ1) is 10.3. The van der Waals surface area contributed by atoms with Crippen LogP contribution in [0.1, 0.15) is 45.2 Å². The number of ether oxygens (including phenoxy) is 2. The van der Waals surface area contributed by atoms with Crippen LogP contribution < -0.4 is 10.5 Å². The fourth-order valence-electron chi connectivity index (χ4n) is 2.51. The molecular weight excluding hydrogens is 284 g/mol. The molecule has 2 heterocycles. The lowest BCUT2D eigenvalue weighted by atomic mass is 9.93. The number of aromatic nitrogens is 2. The van der Waals surface area contributed by atoms with E-state index in [0.29, 0.717) is 24.7 Å². The molecule has 1 aromatic rings. The minimum atomic E-state index is -0.473. The SMILES string of the molecule is COc1cc(N)nnc1C1CCN(C(=O)OC(C)(C)C)CC1. The first kappa shape index (κ1) is 16.3. The number of nitrogen functional groups attached to an aromatic ring is 1. The van der Waals surface area contributed by atoms with Gasteiger partial charge in [0, 0.05) is 25.1 Å². The molecule has 7 heteroatoms. The molecule has 7 nitrogen and oxygen atoms in total. The monoisotopic (exact) mass is 308 g/mol. The van der Waals surface area contributed by atoms with Gasteiger partial charge >= 0.3 is 6.09 Å². The maximum atomic E-state index is 12.1. The van der Waals surface area contributed by atoms with Gasteiger partial charge in [-0.05, 0) is 33.6 Å². The zero-order chi connectivity index (χ0) is 16.3. The second kappa shape index (κ2) is 6.37. The molecule has 1 aliphatic rings. The number of amides is 1. The number of hydrogen-bond donors (Lipinski definition) is 1. The fraction of sp³-hybridized carbons (Fsp3) is 0.667. The maximum Gasteiger partial charge on any atom is 0.410 e. The Bertz CT molecular complexity index is 534. The Morgan fingerprint density at radius 2 is 1.95 bits per heavy atom. The van der Waals surface area contributed by atoms with Crippen molar-refractivity contribution in [2.45, 2.75) is 45.1 Å². The predicted molar refractivity (Wildman–Crippen MR) is 82.8 cm³/mol. The van der Waals surface area contributed by atoms with E-state index in [1.165, 1.54) is 0 Å². The van der Waals surface area contributed by atoms with Crippen molar-refractivity contribution in [2.24, 2.45) is 0 Å². The highest BCUT2D eigenvalue weighted by Gasteiger charge is 2.29. The molecule has 22 heavy (non-hydrogen) atoms. The largest absolute Gasteiger partial charge is 0.495 e. The summed E-state index contributed by atoms with van der Waals surface area (Å²) in [5, 5.41) is 8.08. The van der Waals surface area contributed by atoms with E-state index < -0.39 is 5.60 Å². The van der Waals surface area contributed by atoms with Crippen LogP contribution in [0.5, 0.6) is 5.75 Å². The first-order valence-corrected chi connectivity index (χ1v) is 7.45. The molecule has 0 unspecified atom stereocenters. The normalized spacial score (nSPS) is 16.5. The van der Waals surface area contributed by atoms with Crippen LogP contribution in [0.2, 0.25) is 0 Å². The van der Waals surface area contributed by atoms with E-state index in [9.17, 15) is 4.79 Å². The van der Waals surface area contributed by atoms with E-state index in [1.54, 1.807) is 18.1 Å². The average molecular weight is 308 g/mol. The van der Waals surface area contributed by atoms with Crippen LogP contribution in [-0.2, 0) is 4.74 Å².